The van der Waals surface area contributed by atoms with Crippen LogP contribution in [0.1, 0.15) is 5.56 Å². The molecular weight excluding hydrogens is 382 g/mol. The maximum absolute atomic E-state index is 11.0. The summed E-state index contributed by atoms with van der Waals surface area (Å²) in [7, 11) is 1.42. The molecule has 1 saturated heterocycles. The summed E-state index contributed by atoms with van der Waals surface area (Å²) in [5.41, 5.74) is 5.56. The molecule has 1 aliphatic heterocycles. The van der Waals surface area contributed by atoms with E-state index in [1.165, 1.54) is 30.4 Å². The number of aromatic hydroxyl groups is 1. The first-order chi connectivity index (χ1) is 13.9. The van der Waals surface area contributed by atoms with Crippen LogP contribution in [0.2, 0.25) is 0 Å². The molecule has 2 aromatic heterocycles. The van der Waals surface area contributed by atoms with E-state index in [9.17, 15) is 20.4 Å². The topological polar surface area (TPSA) is 169 Å². The molecule has 0 spiro atoms. The normalized spacial score (nSPS) is 26.8. The minimum absolute atomic E-state index is 0.0416. The van der Waals surface area contributed by atoms with Crippen molar-refractivity contribution >= 4 is 17.0 Å². The van der Waals surface area contributed by atoms with Crippen LogP contribution in [0.5, 0.6) is 11.5 Å². The van der Waals surface area contributed by atoms with E-state index in [1.54, 1.807) is 12.1 Å². The van der Waals surface area contributed by atoms with Crippen LogP contribution in [0.4, 0.5) is 5.82 Å². The van der Waals surface area contributed by atoms with Crippen LogP contribution >= 0.6 is 0 Å². The number of aromatic nitrogens is 4. The Labute approximate surface area is 165 Å². The lowest BCUT2D eigenvalue weighted by molar-refractivity contribution is -0.145. The summed E-state index contributed by atoms with van der Waals surface area (Å²) in [5.74, 6) is 0.355. The summed E-state index contributed by atoms with van der Waals surface area (Å²) in [4.78, 5) is 12.3. The Balaban J connectivity index is 1.88. The smallest absolute Gasteiger partial charge is 0.180 e. The van der Waals surface area contributed by atoms with Crippen molar-refractivity contribution in [1.29, 1.82) is 0 Å². The molecule has 3 heterocycles. The second kappa shape index (κ2) is 7.12. The fraction of sp³-hybridized carbons (Fsp3) is 0.389. The number of benzene rings is 1. The van der Waals surface area contributed by atoms with Gasteiger partial charge in [0.15, 0.2) is 28.7 Å². The molecule has 0 saturated carbocycles. The molecule has 11 heteroatoms. The Bertz CT molecular complexity index is 1040. The summed E-state index contributed by atoms with van der Waals surface area (Å²) >= 11 is 0. The first-order valence-electron chi connectivity index (χ1n) is 8.86. The third kappa shape index (κ3) is 2.95. The molecular formula is C18H21N5O6. The molecule has 0 unspecified atom stereocenters. The van der Waals surface area contributed by atoms with Gasteiger partial charge >= 0.3 is 0 Å². The fourth-order valence-corrected chi connectivity index (χ4v) is 3.70. The van der Waals surface area contributed by atoms with Gasteiger partial charge in [-0.1, -0.05) is 6.07 Å². The Morgan fingerprint density at radius 1 is 1.28 bits per heavy atom. The van der Waals surface area contributed by atoms with E-state index in [0.717, 1.165) is 0 Å². The van der Waals surface area contributed by atoms with Gasteiger partial charge in [0.25, 0.3) is 0 Å². The molecule has 4 atom stereocenters. The molecule has 154 valence electrons. The van der Waals surface area contributed by atoms with E-state index in [1.807, 2.05) is 0 Å². The monoisotopic (exact) mass is 403 g/mol. The standard InChI is InChI=1S/C18H21N5O6/c1-28-11-4-9(2-3-10(11)25)5-18(15(27)14(26)12(6-24)29-18)23-8-22-13-16(19)20-7-21-17(13)23/h2-4,7-8,12,14-15,24-27H,5-6H2,1H3,(H2,19,20,21)/t12-,14-,15-,18-/m1/s1. The van der Waals surface area contributed by atoms with Gasteiger partial charge in [-0.3, -0.25) is 4.57 Å². The lowest BCUT2D eigenvalue weighted by Crippen LogP contribution is -2.47. The van der Waals surface area contributed by atoms with Gasteiger partial charge in [0.05, 0.1) is 20.0 Å². The van der Waals surface area contributed by atoms with Gasteiger partial charge in [-0.15, -0.1) is 0 Å². The number of nitrogen functional groups attached to an aromatic ring is 1. The summed E-state index contributed by atoms with van der Waals surface area (Å²) in [6, 6.07) is 4.68. The summed E-state index contributed by atoms with van der Waals surface area (Å²) in [5, 5.41) is 40.9. The molecule has 0 aliphatic carbocycles. The average Bonchev–Trinajstić information content (AvgIpc) is 3.26. The number of aliphatic hydroxyl groups excluding tert-OH is 3. The van der Waals surface area contributed by atoms with Gasteiger partial charge in [-0.25, -0.2) is 15.0 Å². The number of nitrogens with zero attached hydrogens (tertiary/aromatic N) is 4. The molecule has 0 radical (unpaired) electrons. The van der Waals surface area contributed by atoms with Gasteiger partial charge in [-0.2, -0.15) is 0 Å². The number of anilines is 1. The lowest BCUT2D eigenvalue weighted by atomic mass is 9.94. The van der Waals surface area contributed by atoms with Crippen molar-refractivity contribution in [3.8, 4) is 11.5 Å². The highest BCUT2D eigenvalue weighted by Gasteiger charge is 2.56. The first-order valence-corrected chi connectivity index (χ1v) is 8.86. The highest BCUT2D eigenvalue weighted by molar-refractivity contribution is 5.81. The third-order valence-electron chi connectivity index (χ3n) is 5.17. The largest absolute Gasteiger partial charge is 0.504 e. The highest BCUT2D eigenvalue weighted by atomic mass is 16.6. The van der Waals surface area contributed by atoms with Gasteiger partial charge in [0, 0.05) is 6.42 Å². The second-order valence-electron chi connectivity index (χ2n) is 6.85. The number of aliphatic hydroxyl groups is 3. The number of ether oxygens (including phenoxy) is 2. The lowest BCUT2D eigenvalue weighted by Gasteiger charge is -2.34. The number of phenolic OH excluding ortho intramolecular Hbond substituents is 1. The number of imidazole rings is 1. The number of hydrogen-bond acceptors (Lipinski definition) is 10. The molecule has 11 nitrogen and oxygen atoms in total. The van der Waals surface area contributed by atoms with Crippen molar-refractivity contribution in [2.24, 2.45) is 0 Å². The molecule has 0 amide bonds. The molecule has 3 aromatic rings. The van der Waals surface area contributed by atoms with Gasteiger partial charge < -0.3 is 35.6 Å². The van der Waals surface area contributed by atoms with Gasteiger partial charge in [0.1, 0.15) is 30.2 Å². The van der Waals surface area contributed by atoms with E-state index < -0.39 is 30.6 Å². The number of hydrogen-bond donors (Lipinski definition) is 5. The van der Waals surface area contributed by atoms with Crippen LogP contribution in [0.3, 0.4) is 0 Å². The molecule has 1 fully saturated rings. The Kier molecular flexibility index (Phi) is 4.74. The van der Waals surface area contributed by atoms with Crippen molar-refractivity contribution in [3.63, 3.8) is 0 Å². The van der Waals surface area contributed by atoms with Crippen molar-refractivity contribution in [2.45, 2.75) is 30.5 Å². The highest BCUT2D eigenvalue weighted by Crippen LogP contribution is 2.41. The average molecular weight is 403 g/mol. The van der Waals surface area contributed by atoms with Crippen LogP contribution in [0.25, 0.3) is 11.2 Å². The van der Waals surface area contributed by atoms with Crippen molar-refractivity contribution in [3.05, 3.63) is 36.4 Å². The minimum Gasteiger partial charge on any atom is -0.504 e. The van der Waals surface area contributed by atoms with Crippen molar-refractivity contribution in [1.82, 2.24) is 19.5 Å². The maximum atomic E-state index is 11.0. The van der Waals surface area contributed by atoms with E-state index in [0.29, 0.717) is 16.7 Å². The fourth-order valence-electron chi connectivity index (χ4n) is 3.70. The van der Waals surface area contributed by atoms with Crippen LogP contribution < -0.4 is 10.5 Å². The quantitative estimate of drug-likeness (QED) is 0.361. The summed E-state index contributed by atoms with van der Waals surface area (Å²) in [6.07, 6.45) is -1.10. The van der Waals surface area contributed by atoms with Crippen molar-refractivity contribution in [2.75, 3.05) is 19.5 Å². The number of nitrogens with two attached hydrogens (primary N) is 1. The molecule has 4 rings (SSSR count). The van der Waals surface area contributed by atoms with E-state index in [-0.39, 0.29) is 23.7 Å². The van der Waals surface area contributed by atoms with Crippen LogP contribution in [0, 0.1) is 0 Å². The van der Waals surface area contributed by atoms with Crippen molar-refractivity contribution < 1.29 is 29.9 Å². The Hall–Kier alpha value is -2.99. The maximum Gasteiger partial charge on any atom is 0.180 e. The number of rotatable bonds is 5. The SMILES string of the molecule is COc1cc(C[C@@]2(n3cnc4c(N)ncnc43)O[C@H](CO)[C@@H](O)[C@H]2O)ccc1O. The van der Waals surface area contributed by atoms with E-state index in [4.69, 9.17) is 15.2 Å². The van der Waals surface area contributed by atoms with Crippen LogP contribution in [-0.2, 0) is 16.9 Å². The van der Waals surface area contributed by atoms with E-state index in [2.05, 4.69) is 15.0 Å². The zero-order valence-corrected chi connectivity index (χ0v) is 15.5. The van der Waals surface area contributed by atoms with Gasteiger partial charge in [-0.05, 0) is 17.7 Å². The molecule has 29 heavy (non-hydrogen) atoms. The summed E-state index contributed by atoms with van der Waals surface area (Å²) in [6.45, 7) is -0.497. The Morgan fingerprint density at radius 3 is 2.76 bits per heavy atom. The summed E-state index contributed by atoms with van der Waals surface area (Å²) < 4.78 is 12.6. The minimum atomic E-state index is -1.55. The predicted octanol–water partition coefficient (Wildman–Crippen LogP) is -0.869. The zero-order chi connectivity index (χ0) is 20.8. The molecule has 1 aliphatic rings. The number of methoxy groups -OCH3 is 1. The number of phenols is 1. The third-order valence-corrected chi connectivity index (χ3v) is 5.17. The Morgan fingerprint density at radius 2 is 2.07 bits per heavy atom. The first kappa shape index (κ1) is 19.3. The molecule has 6 N–H and O–H groups in total. The van der Waals surface area contributed by atoms with Crippen LogP contribution in [0.15, 0.2) is 30.9 Å². The second-order valence-corrected chi connectivity index (χ2v) is 6.85. The molecule has 1 aromatic carbocycles. The molecule has 0 bridgehead atoms. The zero-order valence-electron chi connectivity index (χ0n) is 15.5. The van der Waals surface area contributed by atoms with Gasteiger partial charge in [0.2, 0.25) is 0 Å². The number of fused-ring (bicyclic) bond motifs is 1. The predicted molar refractivity (Wildman–Crippen MR) is 100 cm³/mol. The van der Waals surface area contributed by atoms with Crippen LogP contribution in [-0.4, -0.2) is 72.0 Å². The van der Waals surface area contributed by atoms with E-state index >= 15 is 0 Å².